The zero-order chi connectivity index (χ0) is 13.3. The van der Waals surface area contributed by atoms with Gasteiger partial charge < -0.3 is 15.4 Å². The minimum atomic E-state index is 0.350. The van der Waals surface area contributed by atoms with Gasteiger partial charge >= 0.3 is 0 Å². The predicted octanol–water partition coefficient (Wildman–Crippen LogP) is 2.42. The number of methoxy groups -OCH3 is 1. The summed E-state index contributed by atoms with van der Waals surface area (Å²) in [6.45, 7) is 10.2. The second kappa shape index (κ2) is 8.89. The first-order valence-electron chi connectivity index (χ1n) is 7.54. The fourth-order valence-corrected chi connectivity index (χ4v) is 2.58. The highest BCUT2D eigenvalue weighted by molar-refractivity contribution is 4.72. The van der Waals surface area contributed by atoms with Gasteiger partial charge in [0.2, 0.25) is 0 Å². The molecule has 0 aromatic rings. The number of hydrogen-bond acceptors (Lipinski definition) is 3. The van der Waals surface area contributed by atoms with Gasteiger partial charge in [0.15, 0.2) is 0 Å². The van der Waals surface area contributed by atoms with Crippen LogP contribution in [0, 0.1) is 11.3 Å². The lowest BCUT2D eigenvalue weighted by atomic mass is 9.89. The third kappa shape index (κ3) is 7.34. The first-order valence-corrected chi connectivity index (χ1v) is 7.54. The van der Waals surface area contributed by atoms with E-state index in [4.69, 9.17) is 4.74 Å². The van der Waals surface area contributed by atoms with E-state index in [1.807, 2.05) is 0 Å². The second-order valence-electron chi connectivity index (χ2n) is 6.44. The van der Waals surface area contributed by atoms with Crippen molar-refractivity contribution in [1.82, 2.24) is 10.6 Å². The lowest BCUT2D eigenvalue weighted by Gasteiger charge is -2.25. The third-order valence-electron chi connectivity index (χ3n) is 3.95. The third-order valence-corrected chi connectivity index (χ3v) is 3.95. The maximum absolute atomic E-state index is 5.15. The number of nitrogens with one attached hydrogen (secondary N) is 2. The maximum Gasteiger partial charge on any atom is 0.0467 e. The van der Waals surface area contributed by atoms with E-state index in [-0.39, 0.29) is 0 Å². The Hall–Kier alpha value is -0.120. The Kier molecular flexibility index (Phi) is 7.87. The van der Waals surface area contributed by atoms with Crippen molar-refractivity contribution in [3.63, 3.8) is 0 Å². The summed E-state index contributed by atoms with van der Waals surface area (Å²) in [5.74, 6) is 0.919. The lowest BCUT2D eigenvalue weighted by molar-refractivity contribution is 0.150. The largest absolute Gasteiger partial charge is 0.385 e. The smallest absolute Gasteiger partial charge is 0.0467 e. The van der Waals surface area contributed by atoms with E-state index in [1.165, 1.54) is 38.8 Å². The fraction of sp³-hybridized carbons (Fsp3) is 1.00. The summed E-state index contributed by atoms with van der Waals surface area (Å²) in [6, 6.07) is 0. The van der Waals surface area contributed by atoms with Gasteiger partial charge in [0.1, 0.15) is 0 Å². The van der Waals surface area contributed by atoms with Crippen LogP contribution in [0.2, 0.25) is 0 Å². The van der Waals surface area contributed by atoms with Crippen LogP contribution in [-0.2, 0) is 4.74 Å². The van der Waals surface area contributed by atoms with Crippen molar-refractivity contribution in [3.8, 4) is 0 Å². The zero-order valence-corrected chi connectivity index (χ0v) is 12.6. The van der Waals surface area contributed by atoms with E-state index in [2.05, 4.69) is 24.5 Å². The van der Waals surface area contributed by atoms with Gasteiger partial charge in [0.05, 0.1) is 0 Å². The quantitative estimate of drug-likeness (QED) is 0.622. The molecule has 108 valence electrons. The molecular formula is C15H32N2O. The highest BCUT2D eigenvalue weighted by Crippen LogP contribution is 2.19. The fourth-order valence-electron chi connectivity index (χ4n) is 2.58. The summed E-state index contributed by atoms with van der Waals surface area (Å²) in [7, 11) is 1.78. The van der Waals surface area contributed by atoms with Gasteiger partial charge in [0.25, 0.3) is 0 Å². The van der Waals surface area contributed by atoms with Crippen LogP contribution in [0.3, 0.4) is 0 Å². The normalized spacial score (nSPS) is 21.2. The standard InChI is InChI=1S/C15H32N2O/c1-15(2,8-11-18-3)13-17-10-5-7-14-6-4-9-16-12-14/h14,16-17H,4-13H2,1-3H3. The van der Waals surface area contributed by atoms with E-state index >= 15 is 0 Å². The van der Waals surface area contributed by atoms with Crippen molar-refractivity contribution < 1.29 is 4.74 Å². The van der Waals surface area contributed by atoms with Crippen molar-refractivity contribution in [2.45, 2.75) is 46.0 Å². The molecule has 1 unspecified atom stereocenters. The molecule has 3 heteroatoms. The molecule has 0 radical (unpaired) electrons. The Morgan fingerprint density at radius 1 is 1.39 bits per heavy atom. The number of rotatable bonds is 9. The van der Waals surface area contributed by atoms with Crippen LogP contribution in [-0.4, -0.2) is 39.9 Å². The summed E-state index contributed by atoms with van der Waals surface area (Å²) in [6.07, 6.45) is 6.60. The minimum Gasteiger partial charge on any atom is -0.385 e. The maximum atomic E-state index is 5.15. The molecule has 0 amide bonds. The molecule has 1 aliphatic rings. The number of ether oxygens (including phenoxy) is 1. The molecule has 2 N–H and O–H groups in total. The highest BCUT2D eigenvalue weighted by Gasteiger charge is 2.17. The SMILES string of the molecule is COCCC(C)(C)CNCCCC1CCCNC1. The van der Waals surface area contributed by atoms with E-state index < -0.39 is 0 Å². The van der Waals surface area contributed by atoms with Crippen molar-refractivity contribution in [1.29, 1.82) is 0 Å². The summed E-state index contributed by atoms with van der Waals surface area (Å²) in [4.78, 5) is 0. The first kappa shape index (κ1) is 15.9. The van der Waals surface area contributed by atoms with Crippen molar-refractivity contribution in [2.75, 3.05) is 39.9 Å². The summed E-state index contributed by atoms with van der Waals surface area (Å²) in [5.41, 5.74) is 0.350. The van der Waals surface area contributed by atoms with Crippen molar-refractivity contribution in [3.05, 3.63) is 0 Å². The molecule has 0 saturated carbocycles. The van der Waals surface area contributed by atoms with Gasteiger partial charge in [-0.05, 0) is 63.1 Å². The van der Waals surface area contributed by atoms with E-state index in [0.29, 0.717) is 5.41 Å². The van der Waals surface area contributed by atoms with E-state index in [0.717, 1.165) is 32.0 Å². The molecule has 0 aromatic carbocycles. The number of piperidine rings is 1. The summed E-state index contributed by atoms with van der Waals surface area (Å²) in [5, 5.41) is 7.09. The van der Waals surface area contributed by atoms with Crippen LogP contribution in [0.15, 0.2) is 0 Å². The van der Waals surface area contributed by atoms with Gasteiger partial charge in [-0.25, -0.2) is 0 Å². The second-order valence-corrected chi connectivity index (χ2v) is 6.44. The van der Waals surface area contributed by atoms with Crippen LogP contribution in [0.1, 0.15) is 46.0 Å². The topological polar surface area (TPSA) is 33.3 Å². The molecule has 1 rings (SSSR count). The average molecular weight is 256 g/mol. The first-order chi connectivity index (χ1) is 8.64. The van der Waals surface area contributed by atoms with Crippen LogP contribution >= 0.6 is 0 Å². The van der Waals surface area contributed by atoms with Gasteiger partial charge in [-0.2, -0.15) is 0 Å². The molecular weight excluding hydrogens is 224 g/mol. The Labute approximate surface area is 113 Å². The molecule has 1 aliphatic heterocycles. The Balaban J connectivity index is 1.96. The molecule has 18 heavy (non-hydrogen) atoms. The molecule has 0 bridgehead atoms. The molecule has 0 aliphatic carbocycles. The van der Waals surface area contributed by atoms with Crippen LogP contribution < -0.4 is 10.6 Å². The minimum absolute atomic E-state index is 0.350. The van der Waals surface area contributed by atoms with Gasteiger partial charge in [-0.1, -0.05) is 13.8 Å². The Morgan fingerprint density at radius 3 is 2.89 bits per heavy atom. The Morgan fingerprint density at radius 2 is 2.22 bits per heavy atom. The summed E-state index contributed by atoms with van der Waals surface area (Å²) >= 11 is 0. The molecule has 0 spiro atoms. The molecule has 3 nitrogen and oxygen atoms in total. The van der Waals surface area contributed by atoms with E-state index in [1.54, 1.807) is 7.11 Å². The lowest BCUT2D eigenvalue weighted by Crippen LogP contribution is -2.32. The molecule has 1 heterocycles. The van der Waals surface area contributed by atoms with Crippen LogP contribution in [0.25, 0.3) is 0 Å². The van der Waals surface area contributed by atoms with Gasteiger partial charge in [-0.15, -0.1) is 0 Å². The zero-order valence-electron chi connectivity index (χ0n) is 12.6. The number of hydrogen-bond donors (Lipinski definition) is 2. The summed E-state index contributed by atoms with van der Waals surface area (Å²) < 4.78 is 5.15. The van der Waals surface area contributed by atoms with Crippen LogP contribution in [0.4, 0.5) is 0 Å². The molecule has 1 saturated heterocycles. The average Bonchev–Trinajstić information content (AvgIpc) is 2.37. The molecule has 1 atom stereocenters. The van der Waals surface area contributed by atoms with Crippen molar-refractivity contribution >= 4 is 0 Å². The predicted molar refractivity (Wildman–Crippen MR) is 78.0 cm³/mol. The molecule has 0 aromatic heterocycles. The van der Waals surface area contributed by atoms with Gasteiger partial charge in [-0.3, -0.25) is 0 Å². The van der Waals surface area contributed by atoms with E-state index in [9.17, 15) is 0 Å². The van der Waals surface area contributed by atoms with Gasteiger partial charge in [0, 0.05) is 20.3 Å². The van der Waals surface area contributed by atoms with Crippen LogP contribution in [0.5, 0.6) is 0 Å². The molecule has 1 fully saturated rings. The highest BCUT2D eigenvalue weighted by atomic mass is 16.5. The monoisotopic (exact) mass is 256 g/mol. The van der Waals surface area contributed by atoms with Crippen molar-refractivity contribution in [2.24, 2.45) is 11.3 Å². The Bertz CT molecular complexity index is 201.